The van der Waals surface area contributed by atoms with Gasteiger partial charge in [0.1, 0.15) is 6.33 Å². The number of hydrogen-bond donors (Lipinski definition) is 2. The first-order valence-corrected chi connectivity index (χ1v) is 3.79. The molecule has 1 amide bonds. The van der Waals surface area contributed by atoms with Gasteiger partial charge in [0.25, 0.3) is 5.91 Å². The lowest BCUT2D eigenvalue weighted by atomic mass is 10.4. The van der Waals surface area contributed by atoms with Crippen molar-refractivity contribution in [3.63, 3.8) is 0 Å². The van der Waals surface area contributed by atoms with E-state index in [1.165, 1.54) is 18.7 Å². The Hall–Kier alpha value is -2.24. The van der Waals surface area contributed by atoms with Crippen molar-refractivity contribution in [1.82, 2.24) is 20.2 Å². The van der Waals surface area contributed by atoms with Crippen LogP contribution in [0.1, 0.15) is 10.4 Å². The molecule has 2 aromatic heterocycles. The largest absolute Gasteiger partial charge is 0.366 e. The molecule has 0 aliphatic heterocycles. The molecule has 72 valence electrons. The third kappa shape index (κ3) is 3.44. The lowest BCUT2D eigenvalue weighted by Crippen LogP contribution is -2.09. The molecule has 0 atom stereocenters. The second kappa shape index (κ2) is 5.41. The number of carbonyl (C=O) groups is 1. The Morgan fingerprint density at radius 3 is 2.29 bits per heavy atom. The van der Waals surface area contributed by atoms with Crippen LogP contribution in [0, 0.1) is 0 Å². The number of rotatable bonds is 1. The zero-order valence-corrected chi connectivity index (χ0v) is 7.29. The fraction of sp³-hybridized carbons (Fsp3) is 0. The minimum Gasteiger partial charge on any atom is -0.366 e. The lowest BCUT2D eigenvalue weighted by Gasteiger charge is -1.78. The second-order valence-corrected chi connectivity index (χ2v) is 2.26. The van der Waals surface area contributed by atoms with Crippen LogP contribution in [0.5, 0.6) is 0 Å². The number of nitrogens with one attached hydrogen (secondary N) is 1. The van der Waals surface area contributed by atoms with E-state index in [-0.39, 0.29) is 0 Å². The summed E-state index contributed by atoms with van der Waals surface area (Å²) in [5.74, 6) is -0.459. The van der Waals surface area contributed by atoms with Crippen LogP contribution in [-0.4, -0.2) is 26.1 Å². The topological polar surface area (TPSA) is 97.6 Å². The van der Waals surface area contributed by atoms with E-state index in [4.69, 9.17) is 5.73 Å². The summed E-state index contributed by atoms with van der Waals surface area (Å²) >= 11 is 0. The van der Waals surface area contributed by atoms with Crippen molar-refractivity contribution >= 4 is 5.91 Å². The van der Waals surface area contributed by atoms with Gasteiger partial charge in [0.2, 0.25) is 0 Å². The summed E-state index contributed by atoms with van der Waals surface area (Å²) in [5, 5.41) is 5.98. The summed E-state index contributed by atoms with van der Waals surface area (Å²) < 4.78 is 0. The molecule has 2 heterocycles. The maximum absolute atomic E-state index is 10.2. The average molecular weight is 191 g/mol. The number of hydrogen-bond acceptors (Lipinski definition) is 4. The van der Waals surface area contributed by atoms with Gasteiger partial charge in [-0.3, -0.25) is 9.89 Å². The number of amides is 1. The molecule has 0 saturated carbocycles. The Morgan fingerprint density at radius 2 is 2.07 bits per heavy atom. The van der Waals surface area contributed by atoms with Gasteiger partial charge in [0.15, 0.2) is 0 Å². The quantitative estimate of drug-likeness (QED) is 0.662. The first-order chi connectivity index (χ1) is 6.80. The van der Waals surface area contributed by atoms with Gasteiger partial charge in [-0.2, -0.15) is 5.10 Å². The number of aromatic nitrogens is 4. The SMILES string of the molecule is NC(=O)c1cn[nH]c1.c1cncnc1. The second-order valence-electron chi connectivity index (χ2n) is 2.26. The van der Waals surface area contributed by atoms with E-state index < -0.39 is 5.91 Å². The smallest absolute Gasteiger partial charge is 0.251 e. The number of aromatic amines is 1. The molecule has 14 heavy (non-hydrogen) atoms. The van der Waals surface area contributed by atoms with Crippen LogP contribution in [0.2, 0.25) is 0 Å². The summed E-state index contributed by atoms with van der Waals surface area (Å²) in [5.41, 5.74) is 5.27. The van der Waals surface area contributed by atoms with Gasteiger partial charge in [0.05, 0.1) is 11.8 Å². The molecule has 3 N–H and O–H groups in total. The van der Waals surface area contributed by atoms with Crippen molar-refractivity contribution in [2.75, 3.05) is 0 Å². The van der Waals surface area contributed by atoms with E-state index in [1.807, 2.05) is 0 Å². The summed E-state index contributed by atoms with van der Waals surface area (Å²) in [4.78, 5) is 17.6. The van der Waals surface area contributed by atoms with Crippen molar-refractivity contribution in [2.45, 2.75) is 0 Å². The third-order valence-electron chi connectivity index (χ3n) is 1.26. The maximum Gasteiger partial charge on any atom is 0.251 e. The Bertz CT molecular complexity index is 332. The maximum atomic E-state index is 10.2. The molecule has 0 spiro atoms. The molecule has 0 aromatic carbocycles. The van der Waals surface area contributed by atoms with E-state index in [0.717, 1.165) is 0 Å². The minimum atomic E-state index is -0.459. The highest BCUT2D eigenvalue weighted by molar-refractivity contribution is 5.92. The number of carbonyl (C=O) groups excluding carboxylic acids is 1. The number of nitrogens with two attached hydrogens (primary N) is 1. The first kappa shape index (κ1) is 9.85. The Kier molecular flexibility index (Phi) is 3.81. The number of H-pyrrole nitrogens is 1. The predicted molar refractivity (Wildman–Crippen MR) is 49.1 cm³/mol. The zero-order valence-electron chi connectivity index (χ0n) is 7.29. The molecule has 0 radical (unpaired) electrons. The molecule has 0 aliphatic rings. The van der Waals surface area contributed by atoms with Crippen LogP contribution < -0.4 is 5.73 Å². The molecule has 0 fully saturated rings. The lowest BCUT2D eigenvalue weighted by molar-refractivity contribution is 0.100. The highest BCUT2D eigenvalue weighted by Crippen LogP contribution is 1.88. The average Bonchev–Trinajstić information content (AvgIpc) is 2.74. The van der Waals surface area contributed by atoms with Crippen LogP contribution in [-0.2, 0) is 0 Å². The first-order valence-electron chi connectivity index (χ1n) is 3.79. The Labute approximate surface area is 80.2 Å². The fourth-order valence-corrected chi connectivity index (χ4v) is 0.639. The molecule has 0 bridgehead atoms. The van der Waals surface area contributed by atoms with Gasteiger partial charge < -0.3 is 5.73 Å². The van der Waals surface area contributed by atoms with Crippen LogP contribution in [0.15, 0.2) is 37.2 Å². The van der Waals surface area contributed by atoms with E-state index in [0.29, 0.717) is 5.56 Å². The molecule has 6 nitrogen and oxygen atoms in total. The van der Waals surface area contributed by atoms with Crippen molar-refractivity contribution < 1.29 is 4.79 Å². The van der Waals surface area contributed by atoms with E-state index in [9.17, 15) is 4.79 Å². The fourth-order valence-electron chi connectivity index (χ4n) is 0.639. The highest BCUT2D eigenvalue weighted by atomic mass is 16.1. The molecule has 0 saturated heterocycles. The number of primary amides is 1. The highest BCUT2D eigenvalue weighted by Gasteiger charge is 1.96. The van der Waals surface area contributed by atoms with Crippen molar-refractivity contribution in [3.8, 4) is 0 Å². The molecular formula is C8H9N5O. The van der Waals surface area contributed by atoms with Gasteiger partial charge in [-0.15, -0.1) is 0 Å². The monoisotopic (exact) mass is 191 g/mol. The molecule has 6 heteroatoms. The molecule has 0 unspecified atom stereocenters. The standard InChI is InChI=1S/C4H5N3O.C4H4N2/c5-4(8)3-1-6-7-2-3;1-2-5-4-6-3-1/h1-2H,(H2,5,8)(H,6,7);1-4H. The predicted octanol–water partition coefficient (Wildman–Crippen LogP) is -0.0148. The van der Waals surface area contributed by atoms with Crippen molar-refractivity contribution in [1.29, 1.82) is 0 Å². The summed E-state index contributed by atoms with van der Waals surface area (Å²) in [6, 6.07) is 1.78. The zero-order chi connectivity index (χ0) is 10.2. The van der Waals surface area contributed by atoms with Crippen LogP contribution in [0.25, 0.3) is 0 Å². The Balaban J connectivity index is 0.000000146. The van der Waals surface area contributed by atoms with E-state index in [1.54, 1.807) is 18.5 Å². The summed E-state index contributed by atoms with van der Waals surface area (Å²) in [7, 11) is 0. The summed E-state index contributed by atoms with van der Waals surface area (Å²) in [6.45, 7) is 0. The molecular weight excluding hydrogens is 182 g/mol. The van der Waals surface area contributed by atoms with Gasteiger partial charge in [-0.05, 0) is 6.07 Å². The molecule has 0 aliphatic carbocycles. The van der Waals surface area contributed by atoms with Crippen molar-refractivity contribution in [2.24, 2.45) is 5.73 Å². The van der Waals surface area contributed by atoms with E-state index in [2.05, 4.69) is 20.2 Å². The molecule has 2 aromatic rings. The molecule has 2 rings (SSSR count). The van der Waals surface area contributed by atoms with Crippen molar-refractivity contribution in [3.05, 3.63) is 42.7 Å². The summed E-state index contributed by atoms with van der Waals surface area (Å²) in [6.07, 6.45) is 7.70. The van der Waals surface area contributed by atoms with E-state index >= 15 is 0 Å². The normalized spacial score (nSPS) is 8.57. The van der Waals surface area contributed by atoms with Gasteiger partial charge in [0, 0.05) is 18.6 Å². The third-order valence-corrected chi connectivity index (χ3v) is 1.26. The van der Waals surface area contributed by atoms with Crippen LogP contribution >= 0.6 is 0 Å². The van der Waals surface area contributed by atoms with Gasteiger partial charge in [-0.25, -0.2) is 9.97 Å². The van der Waals surface area contributed by atoms with Crippen LogP contribution in [0.3, 0.4) is 0 Å². The van der Waals surface area contributed by atoms with Gasteiger partial charge in [-0.1, -0.05) is 0 Å². The number of nitrogens with zero attached hydrogens (tertiary/aromatic N) is 3. The Morgan fingerprint density at radius 1 is 1.36 bits per heavy atom. The van der Waals surface area contributed by atoms with Gasteiger partial charge >= 0.3 is 0 Å². The minimum absolute atomic E-state index is 0.407. The van der Waals surface area contributed by atoms with Crippen LogP contribution in [0.4, 0.5) is 0 Å².